The van der Waals surface area contributed by atoms with Crippen LogP contribution in [0.15, 0.2) is 67.0 Å². The van der Waals surface area contributed by atoms with E-state index in [4.69, 9.17) is 0 Å². The fourth-order valence-corrected chi connectivity index (χ4v) is 2.40. The largest absolute Gasteiger partial charge is 0.254 e. The Labute approximate surface area is 116 Å². The Morgan fingerprint density at radius 3 is 2.45 bits per heavy atom. The van der Waals surface area contributed by atoms with E-state index in [1.165, 1.54) is 0 Å². The van der Waals surface area contributed by atoms with Crippen LogP contribution in [0.1, 0.15) is 0 Å². The van der Waals surface area contributed by atoms with Crippen LogP contribution < -0.4 is 0 Å². The zero-order valence-corrected chi connectivity index (χ0v) is 10.7. The molecular formula is C17H11N3. The zero-order valence-electron chi connectivity index (χ0n) is 10.7. The van der Waals surface area contributed by atoms with E-state index < -0.39 is 0 Å². The molecule has 0 aliphatic heterocycles. The summed E-state index contributed by atoms with van der Waals surface area (Å²) in [7, 11) is 0. The van der Waals surface area contributed by atoms with Crippen molar-refractivity contribution in [2.24, 2.45) is 0 Å². The summed E-state index contributed by atoms with van der Waals surface area (Å²) in [6, 6.07) is 18.1. The Morgan fingerprint density at radius 1 is 0.700 bits per heavy atom. The van der Waals surface area contributed by atoms with Crippen LogP contribution in [0.2, 0.25) is 0 Å². The summed E-state index contributed by atoms with van der Waals surface area (Å²) in [5, 5.41) is 2.26. The van der Waals surface area contributed by atoms with Crippen molar-refractivity contribution in [3.63, 3.8) is 0 Å². The lowest BCUT2D eigenvalue weighted by molar-refractivity contribution is 1.25. The molecule has 0 aliphatic carbocycles. The first-order valence-corrected chi connectivity index (χ1v) is 6.48. The molecule has 20 heavy (non-hydrogen) atoms. The maximum Gasteiger partial charge on any atom is 0.108 e. The Balaban J connectivity index is 2.01. The highest BCUT2D eigenvalue weighted by molar-refractivity contribution is 5.94. The smallest absolute Gasteiger partial charge is 0.108 e. The Hall–Kier alpha value is -2.81. The fraction of sp³-hybridized carbons (Fsp3) is 0. The van der Waals surface area contributed by atoms with Crippen LogP contribution in [-0.4, -0.2) is 15.0 Å². The lowest BCUT2D eigenvalue weighted by Crippen LogP contribution is -1.91. The molecule has 0 saturated carbocycles. The first kappa shape index (κ1) is 11.1. The quantitative estimate of drug-likeness (QED) is 0.520. The minimum absolute atomic E-state index is 0.806. The standard InChI is InChI=1S/C17H11N3/c1-2-6-13-12(5-1)9-10-18-17(13)16-11-19-14-7-3-4-8-15(14)20-16/h1-11H. The minimum Gasteiger partial charge on any atom is -0.254 e. The van der Waals surface area contributed by atoms with E-state index in [2.05, 4.69) is 27.1 Å². The number of para-hydroxylation sites is 2. The van der Waals surface area contributed by atoms with Gasteiger partial charge in [-0.3, -0.25) is 9.97 Å². The third-order valence-corrected chi connectivity index (χ3v) is 3.36. The zero-order chi connectivity index (χ0) is 13.4. The molecule has 0 aliphatic rings. The number of aromatic nitrogens is 3. The second kappa shape index (κ2) is 4.38. The molecule has 3 heteroatoms. The first-order chi connectivity index (χ1) is 9.92. The predicted octanol–water partition coefficient (Wildman–Crippen LogP) is 3.85. The fourth-order valence-electron chi connectivity index (χ4n) is 2.40. The van der Waals surface area contributed by atoms with Crippen LogP contribution in [0.4, 0.5) is 0 Å². The number of hydrogen-bond acceptors (Lipinski definition) is 3. The van der Waals surface area contributed by atoms with Crippen LogP contribution in [0.3, 0.4) is 0 Å². The van der Waals surface area contributed by atoms with Crippen molar-refractivity contribution >= 4 is 21.8 Å². The molecule has 0 fully saturated rings. The third-order valence-electron chi connectivity index (χ3n) is 3.36. The predicted molar refractivity (Wildman–Crippen MR) is 80.3 cm³/mol. The van der Waals surface area contributed by atoms with Crippen molar-refractivity contribution in [1.82, 2.24) is 15.0 Å². The highest BCUT2D eigenvalue weighted by Crippen LogP contribution is 2.25. The maximum absolute atomic E-state index is 4.67. The van der Waals surface area contributed by atoms with Gasteiger partial charge in [0.05, 0.1) is 22.9 Å². The van der Waals surface area contributed by atoms with E-state index in [0.717, 1.165) is 33.2 Å². The van der Waals surface area contributed by atoms with Gasteiger partial charge in [-0.25, -0.2) is 4.98 Å². The molecule has 0 radical (unpaired) electrons. The van der Waals surface area contributed by atoms with Gasteiger partial charge in [-0.15, -0.1) is 0 Å². The normalized spacial score (nSPS) is 11.0. The molecule has 0 atom stereocenters. The molecule has 0 N–H and O–H groups in total. The summed E-state index contributed by atoms with van der Waals surface area (Å²) in [4.78, 5) is 13.6. The third kappa shape index (κ3) is 1.72. The highest BCUT2D eigenvalue weighted by Gasteiger charge is 2.07. The van der Waals surface area contributed by atoms with Crippen LogP contribution in [0.5, 0.6) is 0 Å². The van der Waals surface area contributed by atoms with Crippen LogP contribution in [0.25, 0.3) is 33.2 Å². The minimum atomic E-state index is 0.806. The second-order valence-electron chi connectivity index (χ2n) is 4.62. The first-order valence-electron chi connectivity index (χ1n) is 6.48. The second-order valence-corrected chi connectivity index (χ2v) is 4.62. The van der Waals surface area contributed by atoms with Crippen molar-refractivity contribution in [2.75, 3.05) is 0 Å². The van der Waals surface area contributed by atoms with E-state index in [1.54, 1.807) is 6.20 Å². The van der Waals surface area contributed by atoms with Gasteiger partial charge in [-0.2, -0.15) is 0 Å². The van der Waals surface area contributed by atoms with E-state index >= 15 is 0 Å². The van der Waals surface area contributed by atoms with Gasteiger partial charge < -0.3 is 0 Å². The number of benzene rings is 2. The molecule has 0 amide bonds. The van der Waals surface area contributed by atoms with Gasteiger partial charge in [-0.1, -0.05) is 36.4 Å². The van der Waals surface area contributed by atoms with Crippen molar-refractivity contribution in [1.29, 1.82) is 0 Å². The Kier molecular flexibility index (Phi) is 2.42. The molecular weight excluding hydrogens is 246 g/mol. The summed E-state index contributed by atoms with van der Waals surface area (Å²) >= 11 is 0. The Morgan fingerprint density at radius 2 is 1.50 bits per heavy atom. The molecule has 0 unspecified atom stereocenters. The van der Waals surface area contributed by atoms with E-state index in [1.807, 2.05) is 48.7 Å². The lowest BCUT2D eigenvalue weighted by atomic mass is 10.1. The molecule has 4 rings (SSSR count). The van der Waals surface area contributed by atoms with Crippen molar-refractivity contribution in [2.45, 2.75) is 0 Å². The lowest BCUT2D eigenvalue weighted by Gasteiger charge is -2.05. The summed E-state index contributed by atoms with van der Waals surface area (Å²) in [5.41, 5.74) is 3.47. The van der Waals surface area contributed by atoms with Gasteiger partial charge >= 0.3 is 0 Å². The number of fused-ring (bicyclic) bond motifs is 2. The average molecular weight is 257 g/mol. The van der Waals surface area contributed by atoms with Crippen LogP contribution >= 0.6 is 0 Å². The van der Waals surface area contributed by atoms with Crippen LogP contribution in [0, 0.1) is 0 Å². The van der Waals surface area contributed by atoms with E-state index in [9.17, 15) is 0 Å². The van der Waals surface area contributed by atoms with Gasteiger partial charge in [0.2, 0.25) is 0 Å². The summed E-state index contributed by atoms with van der Waals surface area (Å²) in [6.07, 6.45) is 3.60. The monoisotopic (exact) mass is 257 g/mol. The van der Waals surface area contributed by atoms with E-state index in [-0.39, 0.29) is 0 Å². The molecule has 2 aromatic carbocycles. The SMILES string of the molecule is c1ccc2c(-c3cnc4ccccc4n3)nccc2c1. The van der Waals surface area contributed by atoms with Crippen LogP contribution in [-0.2, 0) is 0 Å². The summed E-state index contributed by atoms with van der Waals surface area (Å²) in [6.45, 7) is 0. The molecule has 2 aromatic heterocycles. The topological polar surface area (TPSA) is 38.7 Å². The summed E-state index contributed by atoms with van der Waals surface area (Å²) < 4.78 is 0. The molecule has 94 valence electrons. The van der Waals surface area contributed by atoms with Crippen molar-refractivity contribution in [3.05, 3.63) is 67.0 Å². The van der Waals surface area contributed by atoms with Gasteiger partial charge in [-0.05, 0) is 23.6 Å². The molecule has 0 saturated heterocycles. The van der Waals surface area contributed by atoms with Crippen molar-refractivity contribution < 1.29 is 0 Å². The van der Waals surface area contributed by atoms with Crippen molar-refractivity contribution in [3.8, 4) is 11.4 Å². The average Bonchev–Trinajstić information content (AvgIpc) is 2.54. The molecule has 3 nitrogen and oxygen atoms in total. The highest BCUT2D eigenvalue weighted by atomic mass is 14.8. The molecule has 2 heterocycles. The van der Waals surface area contributed by atoms with Gasteiger partial charge in [0.1, 0.15) is 5.69 Å². The van der Waals surface area contributed by atoms with Gasteiger partial charge in [0, 0.05) is 11.6 Å². The number of rotatable bonds is 1. The number of nitrogens with zero attached hydrogens (tertiary/aromatic N) is 3. The molecule has 0 bridgehead atoms. The maximum atomic E-state index is 4.67. The van der Waals surface area contributed by atoms with Gasteiger partial charge in [0.15, 0.2) is 0 Å². The van der Waals surface area contributed by atoms with E-state index in [0.29, 0.717) is 0 Å². The summed E-state index contributed by atoms with van der Waals surface area (Å²) in [5.74, 6) is 0. The number of hydrogen-bond donors (Lipinski definition) is 0. The molecule has 4 aromatic rings. The Bertz CT molecular complexity index is 910. The van der Waals surface area contributed by atoms with Gasteiger partial charge in [0.25, 0.3) is 0 Å². The molecule has 0 spiro atoms. The number of pyridine rings is 1.